The van der Waals surface area contributed by atoms with Crippen molar-refractivity contribution in [2.75, 3.05) is 6.61 Å². The van der Waals surface area contributed by atoms with Gasteiger partial charge in [-0.05, 0) is 6.92 Å². The molecular weight excluding hydrogens is 234 g/mol. The van der Waals surface area contributed by atoms with Crippen LogP contribution in [0.2, 0.25) is 0 Å². The Morgan fingerprint density at radius 2 is 2.24 bits per heavy atom. The molecule has 0 N–H and O–H groups in total. The van der Waals surface area contributed by atoms with Gasteiger partial charge in [-0.15, -0.1) is 0 Å². The van der Waals surface area contributed by atoms with Crippen molar-refractivity contribution in [3.8, 4) is 0 Å². The predicted octanol–water partition coefficient (Wildman–Crippen LogP) is -0.00190. The zero-order chi connectivity index (χ0) is 13.1. The molecular formula is C9H11NO7. The molecule has 0 aromatic heterocycles. The summed E-state index contributed by atoms with van der Waals surface area (Å²) in [6.07, 6.45) is 0.471. The van der Waals surface area contributed by atoms with E-state index in [0.717, 1.165) is 19.1 Å². The zero-order valence-electron chi connectivity index (χ0n) is 9.24. The third kappa shape index (κ3) is 2.78. The van der Waals surface area contributed by atoms with Gasteiger partial charge in [-0.1, -0.05) is 0 Å². The van der Waals surface area contributed by atoms with E-state index < -0.39 is 28.9 Å². The van der Waals surface area contributed by atoms with Crippen LogP contribution in [0.5, 0.6) is 0 Å². The van der Waals surface area contributed by atoms with Crippen LogP contribution in [0.3, 0.4) is 0 Å². The Morgan fingerprint density at radius 1 is 1.59 bits per heavy atom. The first-order chi connectivity index (χ1) is 7.91. The summed E-state index contributed by atoms with van der Waals surface area (Å²) in [5.41, 5.74) is 0. The molecule has 2 unspecified atom stereocenters. The van der Waals surface area contributed by atoms with E-state index in [1.807, 2.05) is 0 Å². The predicted molar refractivity (Wildman–Crippen MR) is 52.1 cm³/mol. The highest BCUT2D eigenvalue weighted by Crippen LogP contribution is 2.27. The highest BCUT2D eigenvalue weighted by atomic mass is 16.8. The number of nitrogens with zero attached hydrogens (tertiary/aromatic N) is 1. The van der Waals surface area contributed by atoms with E-state index in [0.29, 0.717) is 0 Å². The minimum Gasteiger partial charge on any atom is -0.461 e. The summed E-state index contributed by atoms with van der Waals surface area (Å²) in [4.78, 5) is 32.2. The number of nitro groups is 1. The maximum absolute atomic E-state index is 11.6. The van der Waals surface area contributed by atoms with Gasteiger partial charge in [-0.2, -0.15) is 0 Å². The molecule has 0 fully saturated rings. The number of carbonyl (C=O) groups is 2. The zero-order valence-corrected chi connectivity index (χ0v) is 9.24. The lowest BCUT2D eigenvalue weighted by atomic mass is 10.3. The lowest BCUT2D eigenvalue weighted by molar-refractivity contribution is -0.568. The molecule has 0 aliphatic carbocycles. The quantitative estimate of drug-likeness (QED) is 0.297. The molecule has 0 saturated heterocycles. The fourth-order valence-electron chi connectivity index (χ4n) is 1.24. The number of hydrogen-bond donors (Lipinski definition) is 0. The van der Waals surface area contributed by atoms with Gasteiger partial charge in [0.25, 0.3) is 0 Å². The molecule has 1 aliphatic rings. The van der Waals surface area contributed by atoms with Crippen LogP contribution in [0, 0.1) is 10.1 Å². The third-order valence-corrected chi connectivity index (χ3v) is 1.84. The largest absolute Gasteiger partial charge is 0.461 e. The molecule has 17 heavy (non-hydrogen) atoms. The molecule has 0 amide bonds. The van der Waals surface area contributed by atoms with Gasteiger partial charge in [0.1, 0.15) is 0 Å². The van der Waals surface area contributed by atoms with Gasteiger partial charge in [0.2, 0.25) is 0 Å². The average molecular weight is 245 g/mol. The Balaban J connectivity index is 2.91. The number of hydrogen-bond acceptors (Lipinski definition) is 7. The highest BCUT2D eigenvalue weighted by molar-refractivity contribution is 5.84. The van der Waals surface area contributed by atoms with Gasteiger partial charge in [-0.25, -0.2) is 4.79 Å². The van der Waals surface area contributed by atoms with Gasteiger partial charge >= 0.3 is 24.0 Å². The third-order valence-electron chi connectivity index (χ3n) is 1.84. The summed E-state index contributed by atoms with van der Waals surface area (Å²) in [6.45, 7) is 2.63. The first-order valence-corrected chi connectivity index (χ1v) is 4.78. The van der Waals surface area contributed by atoms with Gasteiger partial charge in [0, 0.05) is 19.1 Å². The molecule has 1 aliphatic heterocycles. The molecule has 0 bridgehead atoms. The Labute approximate surface area is 96.3 Å². The fourth-order valence-corrected chi connectivity index (χ4v) is 1.24. The van der Waals surface area contributed by atoms with Gasteiger partial charge < -0.3 is 9.47 Å². The Bertz CT molecular complexity index is 378. The van der Waals surface area contributed by atoms with E-state index in [2.05, 4.69) is 9.47 Å². The standard InChI is InChI=1S/C9H11NO7/c1-3-15-8(12)9(16-6(2)11)5-4-7(17-9)10(13)14/h4-5,7H,3H2,1-2H3. The van der Waals surface area contributed by atoms with Gasteiger partial charge in [-0.3, -0.25) is 19.6 Å². The van der Waals surface area contributed by atoms with E-state index in [-0.39, 0.29) is 6.61 Å². The molecule has 2 atom stereocenters. The smallest absolute Gasteiger partial charge is 0.384 e. The maximum Gasteiger partial charge on any atom is 0.384 e. The molecule has 0 radical (unpaired) electrons. The molecule has 0 aromatic rings. The van der Waals surface area contributed by atoms with Crippen LogP contribution in [-0.4, -0.2) is 35.5 Å². The van der Waals surface area contributed by atoms with Crippen molar-refractivity contribution in [1.82, 2.24) is 0 Å². The van der Waals surface area contributed by atoms with Crippen molar-refractivity contribution in [1.29, 1.82) is 0 Å². The van der Waals surface area contributed by atoms with Crippen LogP contribution in [-0.2, 0) is 23.8 Å². The molecule has 0 spiro atoms. The molecule has 8 nitrogen and oxygen atoms in total. The van der Waals surface area contributed by atoms with E-state index >= 15 is 0 Å². The number of rotatable bonds is 4. The fraction of sp³-hybridized carbons (Fsp3) is 0.556. The second kappa shape index (κ2) is 4.91. The highest BCUT2D eigenvalue weighted by Gasteiger charge is 2.51. The van der Waals surface area contributed by atoms with Crippen LogP contribution in [0.15, 0.2) is 12.2 Å². The second-order valence-corrected chi connectivity index (χ2v) is 3.13. The summed E-state index contributed by atoms with van der Waals surface area (Å²) in [7, 11) is 0. The Hall–Kier alpha value is -1.96. The Morgan fingerprint density at radius 3 is 2.65 bits per heavy atom. The van der Waals surface area contributed by atoms with Crippen molar-refractivity contribution in [2.45, 2.75) is 25.9 Å². The van der Waals surface area contributed by atoms with Crippen LogP contribution in [0.1, 0.15) is 13.8 Å². The molecule has 8 heteroatoms. The molecule has 0 saturated carbocycles. The van der Waals surface area contributed by atoms with Gasteiger partial charge in [0.05, 0.1) is 11.5 Å². The number of esters is 2. The second-order valence-electron chi connectivity index (χ2n) is 3.13. The van der Waals surface area contributed by atoms with Crippen molar-refractivity contribution >= 4 is 11.9 Å². The van der Waals surface area contributed by atoms with Crippen molar-refractivity contribution in [3.05, 3.63) is 22.3 Å². The van der Waals surface area contributed by atoms with Crippen molar-refractivity contribution < 1.29 is 28.7 Å². The summed E-state index contributed by atoms with van der Waals surface area (Å²) in [6, 6.07) is 0. The van der Waals surface area contributed by atoms with Crippen LogP contribution < -0.4 is 0 Å². The maximum atomic E-state index is 11.6. The van der Waals surface area contributed by atoms with E-state index in [1.54, 1.807) is 6.92 Å². The summed E-state index contributed by atoms with van der Waals surface area (Å²) in [5.74, 6) is -3.97. The van der Waals surface area contributed by atoms with Crippen LogP contribution >= 0.6 is 0 Å². The SMILES string of the molecule is CCOC(=O)C1(OC(C)=O)C=CC([N+](=O)[O-])O1. The minimum atomic E-state index is -2.15. The normalized spacial score (nSPS) is 26.6. The first kappa shape index (κ1) is 13.1. The lowest BCUT2D eigenvalue weighted by Crippen LogP contribution is -2.45. The van der Waals surface area contributed by atoms with E-state index in [1.165, 1.54) is 0 Å². The van der Waals surface area contributed by atoms with E-state index in [9.17, 15) is 19.7 Å². The monoisotopic (exact) mass is 245 g/mol. The summed E-state index contributed by atoms with van der Waals surface area (Å²) < 4.78 is 14.1. The van der Waals surface area contributed by atoms with Gasteiger partial charge in [0.15, 0.2) is 0 Å². The Kier molecular flexibility index (Phi) is 3.79. The van der Waals surface area contributed by atoms with Crippen molar-refractivity contribution in [2.24, 2.45) is 0 Å². The minimum absolute atomic E-state index is 0.0299. The number of carbonyl (C=O) groups excluding carboxylic acids is 2. The average Bonchev–Trinajstić information content (AvgIpc) is 2.63. The summed E-state index contributed by atoms with van der Waals surface area (Å²) in [5, 5.41) is 10.5. The topological polar surface area (TPSA) is 105 Å². The molecule has 1 heterocycles. The van der Waals surface area contributed by atoms with E-state index in [4.69, 9.17) is 4.74 Å². The molecule has 0 aromatic carbocycles. The van der Waals surface area contributed by atoms with Crippen molar-refractivity contribution in [3.63, 3.8) is 0 Å². The lowest BCUT2D eigenvalue weighted by Gasteiger charge is -2.23. The van der Waals surface area contributed by atoms with Crippen LogP contribution in [0.25, 0.3) is 0 Å². The summed E-state index contributed by atoms with van der Waals surface area (Å²) >= 11 is 0. The van der Waals surface area contributed by atoms with Crippen LogP contribution in [0.4, 0.5) is 0 Å². The first-order valence-electron chi connectivity index (χ1n) is 4.78. The molecule has 94 valence electrons. The molecule has 1 rings (SSSR count). The number of ether oxygens (including phenoxy) is 3.